The molecule has 0 amide bonds. The number of rotatable bonds is 6. The van der Waals surface area contributed by atoms with Gasteiger partial charge < -0.3 is 5.11 Å². The van der Waals surface area contributed by atoms with Crippen LogP contribution < -0.4 is 0 Å². The summed E-state index contributed by atoms with van der Waals surface area (Å²) in [6, 6.07) is 2.13. The molecule has 0 aliphatic heterocycles. The number of nitrogens with zero attached hydrogens (tertiary/aromatic N) is 3. The van der Waals surface area contributed by atoms with Gasteiger partial charge in [0.2, 0.25) is 0 Å². The first-order valence-corrected chi connectivity index (χ1v) is 7.91. The minimum atomic E-state index is -0.692. The van der Waals surface area contributed by atoms with E-state index in [9.17, 15) is 9.90 Å². The maximum Gasteiger partial charge on any atom is 0.305 e. The molecule has 5 heteroatoms. The minimum absolute atomic E-state index is 0.194. The van der Waals surface area contributed by atoms with E-state index < -0.39 is 5.97 Å². The van der Waals surface area contributed by atoms with Gasteiger partial charge in [0.1, 0.15) is 0 Å². The van der Waals surface area contributed by atoms with Crippen LogP contribution in [-0.2, 0) is 24.8 Å². The van der Waals surface area contributed by atoms with Crippen molar-refractivity contribution in [1.29, 1.82) is 0 Å². The molecule has 0 spiro atoms. The topological polar surface area (TPSA) is 58.4 Å². The fourth-order valence-electron chi connectivity index (χ4n) is 3.49. The normalized spacial score (nSPS) is 18.1. The standard InChI is InChI=1S/C16H27N3O2/c1-4-13-10-14(19(3)17-13)12-18(2)16(11-15(20)21)8-6-5-7-9-16/h10H,4-9,11-12H2,1-3H3,(H,20,21). The predicted molar refractivity (Wildman–Crippen MR) is 82.1 cm³/mol. The Kier molecular flexibility index (Phi) is 5.04. The first-order valence-electron chi connectivity index (χ1n) is 7.91. The number of aliphatic carboxylic acids is 1. The van der Waals surface area contributed by atoms with Gasteiger partial charge in [-0.15, -0.1) is 0 Å². The van der Waals surface area contributed by atoms with Crippen molar-refractivity contribution < 1.29 is 9.90 Å². The lowest BCUT2D eigenvalue weighted by Crippen LogP contribution is -2.49. The van der Waals surface area contributed by atoms with E-state index in [1.54, 1.807) is 0 Å². The van der Waals surface area contributed by atoms with E-state index in [0.29, 0.717) is 0 Å². The van der Waals surface area contributed by atoms with Crippen LogP contribution in [-0.4, -0.2) is 38.3 Å². The summed E-state index contributed by atoms with van der Waals surface area (Å²) in [7, 11) is 4.03. The van der Waals surface area contributed by atoms with Crippen LogP contribution in [0.5, 0.6) is 0 Å². The number of carboxylic acids is 1. The third-order valence-corrected chi connectivity index (χ3v) is 4.86. The highest BCUT2D eigenvalue weighted by atomic mass is 16.4. The summed E-state index contributed by atoms with van der Waals surface area (Å²) in [6.45, 7) is 2.86. The van der Waals surface area contributed by atoms with Gasteiger partial charge in [0.15, 0.2) is 0 Å². The van der Waals surface area contributed by atoms with Crippen LogP contribution >= 0.6 is 0 Å². The maximum atomic E-state index is 11.3. The van der Waals surface area contributed by atoms with E-state index in [1.807, 2.05) is 11.7 Å². The molecule has 2 rings (SSSR count). The van der Waals surface area contributed by atoms with Crippen LogP contribution in [0.3, 0.4) is 0 Å². The molecule has 1 saturated carbocycles. The minimum Gasteiger partial charge on any atom is -0.481 e. The fraction of sp³-hybridized carbons (Fsp3) is 0.750. The molecule has 0 saturated heterocycles. The molecule has 1 N–H and O–H groups in total. The van der Waals surface area contributed by atoms with Crippen molar-refractivity contribution in [3.63, 3.8) is 0 Å². The number of hydrogen-bond donors (Lipinski definition) is 1. The van der Waals surface area contributed by atoms with Crippen molar-refractivity contribution in [2.75, 3.05) is 7.05 Å². The Morgan fingerprint density at radius 1 is 1.43 bits per heavy atom. The summed E-state index contributed by atoms with van der Waals surface area (Å²) in [4.78, 5) is 13.5. The van der Waals surface area contributed by atoms with Crippen molar-refractivity contribution in [2.24, 2.45) is 7.05 Å². The Balaban J connectivity index is 2.15. The zero-order valence-electron chi connectivity index (χ0n) is 13.4. The highest BCUT2D eigenvalue weighted by Crippen LogP contribution is 2.36. The highest BCUT2D eigenvalue weighted by molar-refractivity contribution is 5.68. The lowest BCUT2D eigenvalue weighted by Gasteiger charge is -2.44. The Hall–Kier alpha value is -1.36. The van der Waals surface area contributed by atoms with Gasteiger partial charge in [0, 0.05) is 19.1 Å². The van der Waals surface area contributed by atoms with Gasteiger partial charge >= 0.3 is 5.97 Å². The number of carboxylic acid groups (broad SMARTS) is 1. The van der Waals surface area contributed by atoms with Gasteiger partial charge in [-0.05, 0) is 32.4 Å². The first kappa shape index (κ1) is 16.0. The molecule has 0 atom stereocenters. The zero-order chi connectivity index (χ0) is 15.5. The Morgan fingerprint density at radius 3 is 2.62 bits per heavy atom. The third-order valence-electron chi connectivity index (χ3n) is 4.86. The molecule has 5 nitrogen and oxygen atoms in total. The molecule has 0 unspecified atom stereocenters. The lowest BCUT2D eigenvalue weighted by atomic mass is 9.78. The van der Waals surface area contributed by atoms with E-state index in [2.05, 4.69) is 30.0 Å². The van der Waals surface area contributed by atoms with E-state index >= 15 is 0 Å². The van der Waals surface area contributed by atoms with Crippen molar-refractivity contribution in [2.45, 2.75) is 64.0 Å². The summed E-state index contributed by atoms with van der Waals surface area (Å²) >= 11 is 0. The number of carbonyl (C=O) groups is 1. The van der Waals surface area contributed by atoms with Gasteiger partial charge in [0.05, 0.1) is 17.8 Å². The van der Waals surface area contributed by atoms with Crippen LogP contribution in [0, 0.1) is 0 Å². The van der Waals surface area contributed by atoms with Gasteiger partial charge in [0.25, 0.3) is 0 Å². The van der Waals surface area contributed by atoms with Crippen LogP contribution in [0.4, 0.5) is 0 Å². The second-order valence-electron chi connectivity index (χ2n) is 6.32. The second-order valence-corrected chi connectivity index (χ2v) is 6.32. The second kappa shape index (κ2) is 6.60. The SMILES string of the molecule is CCc1cc(CN(C)C2(CC(=O)O)CCCCC2)n(C)n1. The van der Waals surface area contributed by atoms with Crippen molar-refractivity contribution in [1.82, 2.24) is 14.7 Å². The molecule has 1 aromatic rings. The molecule has 118 valence electrons. The predicted octanol–water partition coefficient (Wildman–Crippen LogP) is 2.59. The van der Waals surface area contributed by atoms with E-state index in [4.69, 9.17) is 0 Å². The average Bonchev–Trinajstić information content (AvgIpc) is 2.79. The quantitative estimate of drug-likeness (QED) is 0.876. The Bertz CT molecular complexity index is 490. The largest absolute Gasteiger partial charge is 0.481 e. The number of hydrogen-bond acceptors (Lipinski definition) is 3. The molecule has 1 fully saturated rings. The molecule has 0 aromatic carbocycles. The van der Waals surface area contributed by atoms with Gasteiger partial charge in [-0.2, -0.15) is 5.10 Å². The van der Waals surface area contributed by atoms with Crippen LogP contribution in [0.1, 0.15) is 56.8 Å². The molecule has 1 aliphatic rings. The Labute approximate surface area is 126 Å². The average molecular weight is 293 g/mol. The monoisotopic (exact) mass is 293 g/mol. The summed E-state index contributed by atoms with van der Waals surface area (Å²) in [5, 5.41) is 13.8. The van der Waals surface area contributed by atoms with E-state index in [0.717, 1.165) is 50.0 Å². The zero-order valence-corrected chi connectivity index (χ0v) is 13.4. The van der Waals surface area contributed by atoms with Gasteiger partial charge in [-0.25, -0.2) is 0 Å². The summed E-state index contributed by atoms with van der Waals surface area (Å²) in [5.74, 6) is -0.692. The van der Waals surface area contributed by atoms with Crippen molar-refractivity contribution >= 4 is 5.97 Å². The van der Waals surface area contributed by atoms with Crippen molar-refractivity contribution in [3.05, 3.63) is 17.5 Å². The first-order chi connectivity index (χ1) is 9.97. The smallest absolute Gasteiger partial charge is 0.305 e. The van der Waals surface area contributed by atoms with Crippen LogP contribution in [0.15, 0.2) is 6.07 Å². The summed E-state index contributed by atoms with van der Waals surface area (Å²) in [5.41, 5.74) is 2.06. The van der Waals surface area contributed by atoms with Crippen LogP contribution in [0.25, 0.3) is 0 Å². The fourth-order valence-corrected chi connectivity index (χ4v) is 3.49. The molecule has 0 radical (unpaired) electrons. The highest BCUT2D eigenvalue weighted by Gasteiger charge is 2.38. The molecule has 1 aliphatic carbocycles. The maximum absolute atomic E-state index is 11.3. The molecular formula is C16H27N3O2. The summed E-state index contributed by atoms with van der Waals surface area (Å²) in [6.07, 6.45) is 6.61. The van der Waals surface area contributed by atoms with E-state index in [1.165, 1.54) is 6.42 Å². The van der Waals surface area contributed by atoms with Crippen molar-refractivity contribution in [3.8, 4) is 0 Å². The summed E-state index contributed by atoms with van der Waals surface area (Å²) < 4.78 is 1.92. The Morgan fingerprint density at radius 2 is 2.10 bits per heavy atom. The molecule has 0 bridgehead atoms. The third kappa shape index (κ3) is 3.64. The lowest BCUT2D eigenvalue weighted by molar-refractivity contribution is -0.141. The molecule has 1 aromatic heterocycles. The molecular weight excluding hydrogens is 266 g/mol. The van der Waals surface area contributed by atoms with Gasteiger partial charge in [-0.1, -0.05) is 26.2 Å². The number of aromatic nitrogens is 2. The number of aryl methyl sites for hydroxylation is 2. The van der Waals surface area contributed by atoms with E-state index in [-0.39, 0.29) is 12.0 Å². The van der Waals surface area contributed by atoms with Crippen LogP contribution in [0.2, 0.25) is 0 Å². The van der Waals surface area contributed by atoms with Gasteiger partial charge in [-0.3, -0.25) is 14.4 Å². The molecule has 1 heterocycles. The molecule has 21 heavy (non-hydrogen) atoms.